The van der Waals surface area contributed by atoms with Crippen LogP contribution in [-0.2, 0) is 14.8 Å². The summed E-state index contributed by atoms with van der Waals surface area (Å²) in [5.41, 5.74) is 0. The zero-order valence-electron chi connectivity index (χ0n) is 11.7. The molecule has 1 heterocycles. The van der Waals surface area contributed by atoms with Crippen molar-refractivity contribution in [1.29, 1.82) is 0 Å². The fourth-order valence-electron chi connectivity index (χ4n) is 2.22. The minimum atomic E-state index is -3.35. The van der Waals surface area contributed by atoms with E-state index in [1.807, 2.05) is 19.0 Å². The molecule has 2 atom stereocenters. The molecule has 19 heavy (non-hydrogen) atoms. The number of hydrogen-bond donors (Lipinski definition) is 2. The van der Waals surface area contributed by atoms with Gasteiger partial charge in [0.25, 0.3) is 0 Å². The second kappa shape index (κ2) is 6.65. The predicted molar refractivity (Wildman–Crippen MR) is 72.1 cm³/mol. The van der Waals surface area contributed by atoms with Gasteiger partial charge in [-0.05, 0) is 26.9 Å². The standard InChI is InChI=1S/C11H23N3O4S/c1-13(2)8-9(15)7-12-11(16)10-5-4-6-14(10)19(3,17)18/h9-10,15H,4-8H2,1-3H3,(H,12,16). The highest BCUT2D eigenvalue weighted by atomic mass is 32.2. The SMILES string of the molecule is CN(C)CC(O)CNC(=O)C1CCCN1S(C)(=O)=O. The molecule has 1 saturated heterocycles. The summed E-state index contributed by atoms with van der Waals surface area (Å²) < 4.78 is 24.3. The van der Waals surface area contributed by atoms with Crippen LogP contribution >= 0.6 is 0 Å². The normalized spacial score (nSPS) is 22.7. The van der Waals surface area contributed by atoms with E-state index in [4.69, 9.17) is 0 Å². The number of nitrogens with zero attached hydrogens (tertiary/aromatic N) is 2. The summed E-state index contributed by atoms with van der Waals surface area (Å²) >= 11 is 0. The molecule has 0 aromatic heterocycles. The maximum absolute atomic E-state index is 12.0. The van der Waals surface area contributed by atoms with Gasteiger partial charge in [-0.15, -0.1) is 0 Å². The van der Waals surface area contributed by atoms with Gasteiger partial charge in [0.15, 0.2) is 0 Å². The highest BCUT2D eigenvalue weighted by molar-refractivity contribution is 7.88. The number of hydrogen-bond acceptors (Lipinski definition) is 5. The van der Waals surface area contributed by atoms with E-state index < -0.39 is 22.2 Å². The van der Waals surface area contributed by atoms with Crippen LogP contribution in [-0.4, -0.2) is 80.8 Å². The zero-order chi connectivity index (χ0) is 14.6. The molecular formula is C11H23N3O4S. The van der Waals surface area contributed by atoms with Gasteiger partial charge in [0.05, 0.1) is 12.4 Å². The molecule has 1 fully saturated rings. The molecule has 0 radical (unpaired) electrons. The van der Waals surface area contributed by atoms with Crippen molar-refractivity contribution in [2.75, 3.05) is 40.0 Å². The minimum Gasteiger partial charge on any atom is -0.390 e. The monoisotopic (exact) mass is 293 g/mol. The van der Waals surface area contributed by atoms with E-state index in [-0.39, 0.29) is 12.5 Å². The number of amides is 1. The quantitative estimate of drug-likeness (QED) is 0.619. The van der Waals surface area contributed by atoms with Crippen molar-refractivity contribution in [2.45, 2.75) is 25.0 Å². The van der Waals surface area contributed by atoms with E-state index in [0.29, 0.717) is 25.9 Å². The molecule has 112 valence electrons. The van der Waals surface area contributed by atoms with Crippen LogP contribution in [0.25, 0.3) is 0 Å². The first-order valence-electron chi connectivity index (χ1n) is 6.29. The molecule has 7 nitrogen and oxygen atoms in total. The molecule has 0 saturated carbocycles. The molecule has 1 aliphatic heterocycles. The lowest BCUT2D eigenvalue weighted by molar-refractivity contribution is -0.124. The third kappa shape index (κ3) is 5.06. The Kier molecular flexibility index (Phi) is 5.72. The van der Waals surface area contributed by atoms with Gasteiger partial charge in [-0.3, -0.25) is 4.79 Å². The molecule has 0 aromatic rings. The Morgan fingerprint density at radius 2 is 2.16 bits per heavy atom. The summed E-state index contributed by atoms with van der Waals surface area (Å²) in [6.45, 7) is 0.961. The molecule has 1 aliphatic rings. The molecule has 8 heteroatoms. The van der Waals surface area contributed by atoms with E-state index in [0.717, 1.165) is 6.26 Å². The summed E-state index contributed by atoms with van der Waals surface area (Å²) in [4.78, 5) is 13.8. The highest BCUT2D eigenvalue weighted by Gasteiger charge is 2.36. The van der Waals surface area contributed by atoms with Gasteiger partial charge in [-0.25, -0.2) is 8.42 Å². The number of likely N-dealkylation sites (N-methyl/N-ethyl adjacent to an activating group) is 1. The van der Waals surface area contributed by atoms with E-state index in [1.165, 1.54) is 4.31 Å². The molecule has 0 spiro atoms. The van der Waals surface area contributed by atoms with Crippen molar-refractivity contribution < 1.29 is 18.3 Å². The van der Waals surface area contributed by atoms with Crippen molar-refractivity contribution in [3.05, 3.63) is 0 Å². The van der Waals surface area contributed by atoms with Crippen LogP contribution in [0.5, 0.6) is 0 Å². The number of aliphatic hydroxyl groups is 1. The number of carbonyl (C=O) groups excluding carboxylic acids is 1. The molecule has 1 rings (SSSR count). The van der Waals surface area contributed by atoms with Gasteiger partial charge >= 0.3 is 0 Å². The third-order valence-corrected chi connectivity index (χ3v) is 4.31. The van der Waals surface area contributed by atoms with Gasteiger partial charge in [-0.2, -0.15) is 4.31 Å². The predicted octanol–water partition coefficient (Wildman–Crippen LogP) is -1.55. The third-order valence-electron chi connectivity index (χ3n) is 3.02. The van der Waals surface area contributed by atoms with Crippen LogP contribution in [0.4, 0.5) is 0 Å². The maximum Gasteiger partial charge on any atom is 0.238 e. The Morgan fingerprint density at radius 1 is 1.53 bits per heavy atom. The molecule has 2 unspecified atom stereocenters. The number of rotatable bonds is 6. The van der Waals surface area contributed by atoms with E-state index >= 15 is 0 Å². The van der Waals surface area contributed by atoms with E-state index in [9.17, 15) is 18.3 Å². The average molecular weight is 293 g/mol. The van der Waals surface area contributed by atoms with Crippen LogP contribution in [0.15, 0.2) is 0 Å². The van der Waals surface area contributed by atoms with Gasteiger partial charge in [0.1, 0.15) is 6.04 Å². The smallest absolute Gasteiger partial charge is 0.238 e. The molecular weight excluding hydrogens is 270 g/mol. The Hall–Kier alpha value is -0.700. The Balaban J connectivity index is 2.49. The van der Waals surface area contributed by atoms with E-state index in [1.54, 1.807) is 0 Å². The van der Waals surface area contributed by atoms with Gasteiger partial charge in [0.2, 0.25) is 15.9 Å². The van der Waals surface area contributed by atoms with Gasteiger partial charge in [-0.1, -0.05) is 0 Å². The van der Waals surface area contributed by atoms with Crippen molar-refractivity contribution in [3.63, 3.8) is 0 Å². The Labute approximate surface area is 114 Å². The van der Waals surface area contributed by atoms with Crippen LogP contribution in [0.3, 0.4) is 0 Å². The van der Waals surface area contributed by atoms with Crippen molar-refractivity contribution in [3.8, 4) is 0 Å². The first-order chi connectivity index (χ1) is 8.71. The summed E-state index contributed by atoms with van der Waals surface area (Å²) in [6.07, 6.45) is 1.67. The highest BCUT2D eigenvalue weighted by Crippen LogP contribution is 2.20. The van der Waals surface area contributed by atoms with Crippen LogP contribution in [0.1, 0.15) is 12.8 Å². The van der Waals surface area contributed by atoms with E-state index in [2.05, 4.69) is 5.32 Å². The number of nitrogens with one attached hydrogen (secondary N) is 1. The summed E-state index contributed by atoms with van der Waals surface area (Å²) in [5.74, 6) is -0.333. The summed E-state index contributed by atoms with van der Waals surface area (Å²) in [5, 5.41) is 12.3. The molecule has 2 N–H and O–H groups in total. The summed E-state index contributed by atoms with van der Waals surface area (Å²) in [6, 6.07) is -0.637. The van der Waals surface area contributed by atoms with Gasteiger partial charge < -0.3 is 15.3 Å². The average Bonchev–Trinajstić information content (AvgIpc) is 2.73. The number of aliphatic hydroxyl groups excluding tert-OH is 1. The van der Waals surface area contributed by atoms with Crippen LogP contribution in [0.2, 0.25) is 0 Å². The maximum atomic E-state index is 12.0. The second-order valence-corrected chi connectivity index (χ2v) is 7.13. The second-order valence-electron chi connectivity index (χ2n) is 5.19. The molecule has 0 aliphatic carbocycles. The first-order valence-corrected chi connectivity index (χ1v) is 8.14. The fraction of sp³-hybridized carbons (Fsp3) is 0.909. The minimum absolute atomic E-state index is 0.130. The Bertz CT molecular complexity index is 410. The van der Waals surface area contributed by atoms with Crippen molar-refractivity contribution >= 4 is 15.9 Å². The molecule has 0 bridgehead atoms. The molecule has 1 amide bonds. The van der Waals surface area contributed by atoms with Crippen LogP contribution in [0, 0.1) is 0 Å². The summed E-state index contributed by atoms with van der Waals surface area (Å²) in [7, 11) is 0.301. The topological polar surface area (TPSA) is 89.9 Å². The van der Waals surface area contributed by atoms with Gasteiger partial charge in [0, 0.05) is 19.6 Å². The first kappa shape index (κ1) is 16.4. The lowest BCUT2D eigenvalue weighted by Gasteiger charge is -2.22. The largest absolute Gasteiger partial charge is 0.390 e. The van der Waals surface area contributed by atoms with Crippen LogP contribution < -0.4 is 5.32 Å². The number of carbonyl (C=O) groups is 1. The lowest BCUT2D eigenvalue weighted by atomic mass is 10.2. The fourth-order valence-corrected chi connectivity index (χ4v) is 3.35. The van der Waals surface area contributed by atoms with Crippen molar-refractivity contribution in [2.24, 2.45) is 0 Å². The van der Waals surface area contributed by atoms with Crippen molar-refractivity contribution in [1.82, 2.24) is 14.5 Å². The Morgan fingerprint density at radius 3 is 2.68 bits per heavy atom. The lowest BCUT2D eigenvalue weighted by Crippen LogP contribution is -2.48. The molecule has 0 aromatic carbocycles. The zero-order valence-corrected chi connectivity index (χ0v) is 12.5. The number of sulfonamides is 1.